The van der Waals surface area contributed by atoms with E-state index in [9.17, 15) is 0 Å². The van der Waals surface area contributed by atoms with Gasteiger partial charge in [-0.1, -0.05) is 12.1 Å². The van der Waals surface area contributed by atoms with E-state index < -0.39 is 0 Å². The van der Waals surface area contributed by atoms with Crippen LogP contribution in [0, 0.1) is 0 Å². The van der Waals surface area contributed by atoms with E-state index in [1.165, 1.54) is 0 Å². The molecule has 0 amide bonds. The number of nitrogens with one attached hydrogen (secondary N) is 2. The van der Waals surface area contributed by atoms with Crippen LogP contribution in [0.15, 0.2) is 29.3 Å². The van der Waals surface area contributed by atoms with Crippen LogP contribution in [0.25, 0.3) is 0 Å². The molecule has 6 heteroatoms. The number of ether oxygens (including phenoxy) is 1. The molecule has 1 aliphatic heterocycles. The summed E-state index contributed by atoms with van der Waals surface area (Å²) in [6.07, 6.45) is 0. The zero-order chi connectivity index (χ0) is 17.4. The van der Waals surface area contributed by atoms with Crippen molar-refractivity contribution in [3.8, 4) is 5.75 Å². The predicted molar refractivity (Wildman–Crippen MR) is 99.7 cm³/mol. The third kappa shape index (κ3) is 5.69. The predicted octanol–water partition coefficient (Wildman–Crippen LogP) is 0.996. The second-order valence-corrected chi connectivity index (χ2v) is 6.32. The number of hydrogen-bond acceptors (Lipinski definition) is 4. The van der Waals surface area contributed by atoms with Crippen molar-refractivity contribution in [2.24, 2.45) is 4.99 Å². The minimum Gasteiger partial charge on any atom is -0.497 e. The number of methoxy groups -OCH3 is 1. The molecule has 1 heterocycles. The van der Waals surface area contributed by atoms with E-state index in [-0.39, 0.29) is 0 Å². The Morgan fingerprint density at radius 1 is 1.29 bits per heavy atom. The van der Waals surface area contributed by atoms with Gasteiger partial charge in [0.25, 0.3) is 0 Å². The van der Waals surface area contributed by atoms with Gasteiger partial charge in [0.2, 0.25) is 0 Å². The van der Waals surface area contributed by atoms with Crippen molar-refractivity contribution < 1.29 is 4.74 Å². The number of piperazine rings is 1. The van der Waals surface area contributed by atoms with Gasteiger partial charge in [-0.05, 0) is 38.7 Å². The summed E-state index contributed by atoms with van der Waals surface area (Å²) in [5.41, 5.74) is 1.14. The summed E-state index contributed by atoms with van der Waals surface area (Å²) in [6, 6.07) is 8.55. The van der Waals surface area contributed by atoms with E-state index >= 15 is 0 Å². The highest BCUT2D eigenvalue weighted by atomic mass is 16.5. The van der Waals surface area contributed by atoms with Crippen LogP contribution in [-0.2, 0) is 6.54 Å². The molecule has 0 saturated carbocycles. The normalized spacial score (nSPS) is 20.0. The highest BCUT2D eigenvalue weighted by Crippen LogP contribution is 2.13. The van der Waals surface area contributed by atoms with E-state index in [1.54, 1.807) is 7.11 Å². The molecule has 1 aromatic rings. The molecule has 0 aromatic heterocycles. The molecule has 0 bridgehead atoms. The Morgan fingerprint density at radius 3 is 2.88 bits per heavy atom. The molecule has 134 valence electrons. The van der Waals surface area contributed by atoms with E-state index in [0.29, 0.717) is 12.6 Å². The lowest BCUT2D eigenvalue weighted by atomic mass is 10.2. The number of likely N-dealkylation sites (N-methyl/N-ethyl adjacent to an activating group) is 2. The number of hydrogen-bond donors (Lipinski definition) is 2. The van der Waals surface area contributed by atoms with Gasteiger partial charge in [0.15, 0.2) is 5.96 Å². The number of guanidine groups is 1. The minimum atomic E-state index is 0.504. The van der Waals surface area contributed by atoms with Gasteiger partial charge in [-0.3, -0.25) is 4.90 Å². The van der Waals surface area contributed by atoms with E-state index in [1.807, 2.05) is 18.2 Å². The molecule has 2 N–H and O–H groups in total. The van der Waals surface area contributed by atoms with Crippen molar-refractivity contribution >= 4 is 5.96 Å². The van der Waals surface area contributed by atoms with Crippen molar-refractivity contribution in [2.75, 3.05) is 53.9 Å². The summed E-state index contributed by atoms with van der Waals surface area (Å²) >= 11 is 0. The standard InChI is InChI=1S/C18H31N5O/c1-5-19-18(20-12-15-7-6-8-17(11-15)24-4)21-13-16-14-22(2)9-10-23(16)3/h6-8,11,16H,5,9-10,12-14H2,1-4H3,(H2,19,20,21). The molecule has 1 aromatic carbocycles. The number of aliphatic imine (C=N–C) groups is 1. The molecule has 1 unspecified atom stereocenters. The average Bonchev–Trinajstić information content (AvgIpc) is 2.60. The lowest BCUT2D eigenvalue weighted by Crippen LogP contribution is -2.55. The Labute approximate surface area is 145 Å². The minimum absolute atomic E-state index is 0.504. The molecule has 6 nitrogen and oxygen atoms in total. The second-order valence-electron chi connectivity index (χ2n) is 6.32. The van der Waals surface area contributed by atoms with E-state index in [0.717, 1.165) is 50.0 Å². The van der Waals surface area contributed by atoms with Crippen LogP contribution in [0.4, 0.5) is 0 Å². The molecular formula is C18H31N5O. The van der Waals surface area contributed by atoms with Gasteiger partial charge >= 0.3 is 0 Å². The van der Waals surface area contributed by atoms with Gasteiger partial charge in [0.05, 0.1) is 13.7 Å². The van der Waals surface area contributed by atoms with Gasteiger partial charge < -0.3 is 20.3 Å². The third-order valence-electron chi connectivity index (χ3n) is 4.38. The van der Waals surface area contributed by atoms with Crippen molar-refractivity contribution in [3.63, 3.8) is 0 Å². The fourth-order valence-electron chi connectivity index (χ4n) is 2.82. The largest absolute Gasteiger partial charge is 0.497 e. The van der Waals surface area contributed by atoms with Crippen molar-refractivity contribution in [3.05, 3.63) is 29.8 Å². The molecule has 0 radical (unpaired) electrons. The Bertz CT molecular complexity index is 534. The summed E-state index contributed by atoms with van der Waals surface area (Å²) in [5.74, 6) is 1.73. The van der Waals surface area contributed by atoms with Crippen LogP contribution in [0.3, 0.4) is 0 Å². The van der Waals surface area contributed by atoms with Gasteiger partial charge in [-0.15, -0.1) is 0 Å². The van der Waals surface area contributed by atoms with Crippen molar-refractivity contribution in [1.29, 1.82) is 0 Å². The molecule has 1 atom stereocenters. The fourth-order valence-corrected chi connectivity index (χ4v) is 2.82. The van der Waals surface area contributed by atoms with Gasteiger partial charge in [0, 0.05) is 38.8 Å². The summed E-state index contributed by atoms with van der Waals surface area (Å²) in [6.45, 7) is 7.79. The van der Waals surface area contributed by atoms with Crippen LogP contribution in [-0.4, -0.2) is 75.7 Å². The molecule has 1 fully saturated rings. The lowest BCUT2D eigenvalue weighted by molar-refractivity contribution is 0.116. The number of benzene rings is 1. The van der Waals surface area contributed by atoms with E-state index in [2.05, 4.69) is 47.5 Å². The zero-order valence-corrected chi connectivity index (χ0v) is 15.4. The maximum Gasteiger partial charge on any atom is 0.191 e. The first kappa shape index (κ1) is 18.5. The van der Waals surface area contributed by atoms with Gasteiger partial charge in [0.1, 0.15) is 5.75 Å². The summed E-state index contributed by atoms with van der Waals surface area (Å²) in [5, 5.41) is 6.80. The van der Waals surface area contributed by atoms with Crippen molar-refractivity contribution in [2.45, 2.75) is 19.5 Å². The summed E-state index contributed by atoms with van der Waals surface area (Å²) in [7, 11) is 6.06. The second kappa shape index (κ2) is 9.49. The van der Waals surface area contributed by atoms with Crippen molar-refractivity contribution in [1.82, 2.24) is 20.4 Å². The van der Waals surface area contributed by atoms with Crippen LogP contribution < -0.4 is 15.4 Å². The number of nitrogens with zero attached hydrogens (tertiary/aromatic N) is 3. The highest BCUT2D eigenvalue weighted by molar-refractivity contribution is 5.79. The Kier molecular flexibility index (Phi) is 7.34. The summed E-state index contributed by atoms with van der Waals surface area (Å²) in [4.78, 5) is 9.49. The SMILES string of the molecule is CCNC(=NCc1cccc(OC)c1)NCC1CN(C)CCN1C. The molecule has 0 aliphatic carbocycles. The average molecular weight is 333 g/mol. The van der Waals surface area contributed by atoms with Crippen LogP contribution in [0.1, 0.15) is 12.5 Å². The quantitative estimate of drug-likeness (QED) is 0.601. The zero-order valence-electron chi connectivity index (χ0n) is 15.4. The first-order chi connectivity index (χ1) is 11.6. The Hall–Kier alpha value is -1.79. The topological polar surface area (TPSA) is 52.1 Å². The molecule has 24 heavy (non-hydrogen) atoms. The van der Waals surface area contributed by atoms with Crippen LogP contribution in [0.2, 0.25) is 0 Å². The lowest BCUT2D eigenvalue weighted by Gasteiger charge is -2.37. The van der Waals surface area contributed by atoms with Crippen LogP contribution >= 0.6 is 0 Å². The third-order valence-corrected chi connectivity index (χ3v) is 4.38. The Morgan fingerprint density at radius 2 is 2.12 bits per heavy atom. The monoisotopic (exact) mass is 333 g/mol. The molecule has 1 aliphatic rings. The fraction of sp³-hybridized carbons (Fsp3) is 0.611. The summed E-state index contributed by atoms with van der Waals surface area (Å²) < 4.78 is 5.27. The van der Waals surface area contributed by atoms with Crippen LogP contribution in [0.5, 0.6) is 5.75 Å². The number of rotatable bonds is 6. The van der Waals surface area contributed by atoms with Gasteiger partial charge in [-0.25, -0.2) is 4.99 Å². The molecular weight excluding hydrogens is 302 g/mol. The molecule has 2 rings (SSSR count). The maximum atomic E-state index is 5.27. The molecule has 0 spiro atoms. The smallest absolute Gasteiger partial charge is 0.191 e. The van der Waals surface area contributed by atoms with E-state index in [4.69, 9.17) is 9.73 Å². The van der Waals surface area contributed by atoms with Gasteiger partial charge in [-0.2, -0.15) is 0 Å². The highest BCUT2D eigenvalue weighted by Gasteiger charge is 2.21. The Balaban J connectivity index is 1.92. The first-order valence-corrected chi connectivity index (χ1v) is 8.66. The maximum absolute atomic E-state index is 5.27. The first-order valence-electron chi connectivity index (χ1n) is 8.66. The molecule has 1 saturated heterocycles.